The molecule has 1 rings (SSSR count). The summed E-state index contributed by atoms with van der Waals surface area (Å²) in [7, 11) is 0. The highest BCUT2D eigenvalue weighted by atomic mass is 35.5. The normalized spacial score (nSPS) is 11.8. The molecule has 0 saturated heterocycles. The Balaban J connectivity index is 2.71. The first-order chi connectivity index (χ1) is 6.15. The highest BCUT2D eigenvalue weighted by Gasteiger charge is 2.12. The van der Waals surface area contributed by atoms with Gasteiger partial charge < -0.3 is 5.32 Å². The molecular weight excluding hydrogens is 206 g/mol. The Morgan fingerprint density at radius 3 is 3.00 bits per heavy atom. The maximum Gasteiger partial charge on any atom is 0.263 e. The minimum Gasteiger partial charge on any atom is -0.338 e. The van der Waals surface area contributed by atoms with E-state index in [1.165, 1.54) is 11.3 Å². The van der Waals surface area contributed by atoms with Gasteiger partial charge in [-0.1, -0.05) is 17.5 Å². The molecule has 0 spiro atoms. The third-order valence-electron chi connectivity index (χ3n) is 1.42. The quantitative estimate of drug-likeness (QED) is 0.750. The average molecular weight is 214 g/mol. The zero-order chi connectivity index (χ0) is 9.84. The van der Waals surface area contributed by atoms with E-state index in [0.717, 1.165) is 0 Å². The van der Waals surface area contributed by atoms with Gasteiger partial charge in [-0.3, -0.25) is 4.79 Å². The van der Waals surface area contributed by atoms with Crippen molar-refractivity contribution >= 4 is 28.8 Å². The predicted octanol–water partition coefficient (Wildman–Crippen LogP) is 2.15. The van der Waals surface area contributed by atoms with Gasteiger partial charge in [-0.2, -0.15) is 0 Å². The van der Waals surface area contributed by atoms with Crippen LogP contribution in [-0.4, -0.2) is 11.9 Å². The number of hydrogen-bond donors (Lipinski definition) is 1. The smallest absolute Gasteiger partial charge is 0.263 e. The maximum atomic E-state index is 11.4. The molecule has 1 N–H and O–H groups in total. The first-order valence-corrected chi connectivity index (χ1v) is 4.91. The highest BCUT2D eigenvalue weighted by Crippen LogP contribution is 2.21. The molecule has 68 valence electrons. The Hall–Kier alpha value is -0.980. The first-order valence-electron chi connectivity index (χ1n) is 3.65. The van der Waals surface area contributed by atoms with E-state index in [2.05, 4.69) is 11.2 Å². The number of terminal acetylenes is 1. The second-order valence-electron chi connectivity index (χ2n) is 2.46. The number of halogens is 1. The van der Waals surface area contributed by atoms with Crippen LogP contribution in [0.2, 0.25) is 5.02 Å². The molecule has 0 aliphatic heterocycles. The summed E-state index contributed by atoms with van der Waals surface area (Å²) in [5.74, 6) is 2.19. The molecule has 1 unspecified atom stereocenters. The third kappa shape index (κ3) is 2.48. The molecule has 0 aliphatic carbocycles. The van der Waals surface area contributed by atoms with Crippen LogP contribution in [0.4, 0.5) is 0 Å². The first kappa shape index (κ1) is 10.1. The lowest BCUT2D eigenvalue weighted by Crippen LogP contribution is -2.30. The van der Waals surface area contributed by atoms with Gasteiger partial charge in [0.15, 0.2) is 0 Å². The highest BCUT2D eigenvalue weighted by molar-refractivity contribution is 7.12. The number of carbonyl (C=O) groups excluding carboxylic acids is 1. The summed E-state index contributed by atoms with van der Waals surface area (Å²) in [5.41, 5.74) is 0. The summed E-state index contributed by atoms with van der Waals surface area (Å²) >= 11 is 7.06. The molecule has 0 bridgehead atoms. The van der Waals surface area contributed by atoms with Gasteiger partial charge in [0, 0.05) is 0 Å². The summed E-state index contributed by atoms with van der Waals surface area (Å²) in [6.07, 6.45) is 5.12. The van der Waals surface area contributed by atoms with Crippen LogP contribution in [0.15, 0.2) is 11.4 Å². The van der Waals surface area contributed by atoms with Crippen molar-refractivity contribution in [3.8, 4) is 12.3 Å². The number of amides is 1. The molecule has 2 nitrogen and oxygen atoms in total. The Labute approximate surface area is 85.9 Å². The molecule has 0 radical (unpaired) electrons. The van der Waals surface area contributed by atoms with Crippen molar-refractivity contribution in [2.75, 3.05) is 0 Å². The van der Waals surface area contributed by atoms with Gasteiger partial charge >= 0.3 is 0 Å². The van der Waals surface area contributed by atoms with Crippen LogP contribution in [0.3, 0.4) is 0 Å². The lowest BCUT2D eigenvalue weighted by atomic mass is 10.3. The Morgan fingerprint density at radius 1 is 1.85 bits per heavy atom. The van der Waals surface area contributed by atoms with Crippen LogP contribution in [0.25, 0.3) is 0 Å². The number of rotatable bonds is 2. The van der Waals surface area contributed by atoms with E-state index in [1.54, 1.807) is 18.4 Å². The van der Waals surface area contributed by atoms with E-state index >= 15 is 0 Å². The summed E-state index contributed by atoms with van der Waals surface area (Å²) in [6.45, 7) is 1.74. The molecule has 1 heterocycles. The maximum absolute atomic E-state index is 11.4. The van der Waals surface area contributed by atoms with Gasteiger partial charge in [-0.15, -0.1) is 17.8 Å². The Kier molecular flexibility index (Phi) is 3.35. The Bertz CT molecular complexity index is 353. The zero-order valence-corrected chi connectivity index (χ0v) is 8.58. The molecule has 0 fully saturated rings. The van der Waals surface area contributed by atoms with Crippen molar-refractivity contribution in [1.82, 2.24) is 5.32 Å². The lowest BCUT2D eigenvalue weighted by Gasteiger charge is -2.05. The molecule has 1 amide bonds. The minimum atomic E-state index is -0.273. The van der Waals surface area contributed by atoms with Crippen LogP contribution in [-0.2, 0) is 0 Å². The van der Waals surface area contributed by atoms with E-state index < -0.39 is 0 Å². The largest absolute Gasteiger partial charge is 0.338 e. The van der Waals surface area contributed by atoms with Crippen molar-refractivity contribution < 1.29 is 4.79 Å². The van der Waals surface area contributed by atoms with Crippen molar-refractivity contribution in [1.29, 1.82) is 0 Å². The van der Waals surface area contributed by atoms with E-state index in [-0.39, 0.29) is 11.9 Å². The average Bonchev–Trinajstić information content (AvgIpc) is 2.51. The van der Waals surface area contributed by atoms with E-state index in [0.29, 0.717) is 9.90 Å². The molecule has 0 aliphatic rings. The molecule has 13 heavy (non-hydrogen) atoms. The molecule has 1 aromatic heterocycles. The zero-order valence-electron chi connectivity index (χ0n) is 7.00. The number of thiophene rings is 1. The molecule has 0 aromatic carbocycles. The SMILES string of the molecule is C#CC(C)NC(=O)c1sccc1Cl. The van der Waals surface area contributed by atoms with Gasteiger partial charge in [0.2, 0.25) is 0 Å². The van der Waals surface area contributed by atoms with Crippen LogP contribution in [0.1, 0.15) is 16.6 Å². The van der Waals surface area contributed by atoms with E-state index in [4.69, 9.17) is 18.0 Å². The molecule has 0 saturated carbocycles. The lowest BCUT2D eigenvalue weighted by molar-refractivity contribution is 0.0952. The van der Waals surface area contributed by atoms with E-state index in [9.17, 15) is 4.79 Å². The van der Waals surface area contributed by atoms with E-state index in [1.807, 2.05) is 0 Å². The summed E-state index contributed by atoms with van der Waals surface area (Å²) in [5, 5.41) is 4.85. The monoisotopic (exact) mass is 213 g/mol. The second kappa shape index (κ2) is 4.31. The Morgan fingerprint density at radius 2 is 2.54 bits per heavy atom. The summed E-state index contributed by atoms with van der Waals surface area (Å²) in [4.78, 5) is 11.9. The van der Waals surface area contributed by atoms with Crippen molar-refractivity contribution in [2.45, 2.75) is 13.0 Å². The van der Waals surface area contributed by atoms with Crippen LogP contribution >= 0.6 is 22.9 Å². The number of carbonyl (C=O) groups is 1. The second-order valence-corrected chi connectivity index (χ2v) is 3.78. The van der Waals surface area contributed by atoms with Gasteiger partial charge in [0.05, 0.1) is 11.1 Å². The summed E-state index contributed by atoms with van der Waals surface area (Å²) < 4.78 is 0. The van der Waals surface area contributed by atoms with Crippen LogP contribution < -0.4 is 5.32 Å². The van der Waals surface area contributed by atoms with Crippen molar-refractivity contribution in [3.63, 3.8) is 0 Å². The van der Waals surface area contributed by atoms with Gasteiger partial charge in [-0.05, 0) is 18.4 Å². The van der Waals surface area contributed by atoms with Crippen molar-refractivity contribution in [3.05, 3.63) is 21.3 Å². The topological polar surface area (TPSA) is 29.1 Å². The standard InChI is InChI=1S/C9H8ClNOS/c1-3-6(2)11-9(12)8-7(10)4-5-13-8/h1,4-6H,2H3,(H,11,12). The predicted molar refractivity (Wildman–Crippen MR) is 55.1 cm³/mol. The van der Waals surface area contributed by atoms with Gasteiger partial charge in [-0.25, -0.2) is 0 Å². The minimum absolute atomic E-state index is 0.217. The van der Waals surface area contributed by atoms with Crippen LogP contribution in [0.5, 0.6) is 0 Å². The molecular formula is C9H8ClNOS. The van der Waals surface area contributed by atoms with Gasteiger partial charge in [0.1, 0.15) is 4.88 Å². The number of hydrogen-bond acceptors (Lipinski definition) is 2. The number of nitrogens with one attached hydrogen (secondary N) is 1. The molecule has 1 aromatic rings. The fourth-order valence-electron chi connectivity index (χ4n) is 0.760. The summed E-state index contributed by atoms with van der Waals surface area (Å²) in [6, 6.07) is 1.41. The van der Waals surface area contributed by atoms with Crippen LogP contribution in [0, 0.1) is 12.3 Å². The molecule has 1 atom stereocenters. The van der Waals surface area contributed by atoms with Crippen molar-refractivity contribution in [2.24, 2.45) is 0 Å². The fraction of sp³-hybridized carbons (Fsp3) is 0.222. The van der Waals surface area contributed by atoms with Gasteiger partial charge in [0.25, 0.3) is 5.91 Å². The molecule has 4 heteroatoms. The fourth-order valence-corrected chi connectivity index (χ4v) is 1.80. The third-order valence-corrected chi connectivity index (χ3v) is 2.76.